The molecule has 3 nitrogen and oxygen atoms in total. The summed E-state index contributed by atoms with van der Waals surface area (Å²) in [6, 6.07) is 4.80. The molecule has 0 amide bonds. The van der Waals surface area contributed by atoms with Gasteiger partial charge >= 0.3 is 0 Å². The van der Waals surface area contributed by atoms with Crippen LogP contribution in [0.5, 0.6) is 0 Å². The van der Waals surface area contributed by atoms with Gasteiger partial charge in [-0.05, 0) is 40.1 Å². The number of nitrogens with one attached hydrogen (secondary N) is 1. The highest BCUT2D eigenvalue weighted by Crippen LogP contribution is 2.21. The lowest BCUT2D eigenvalue weighted by atomic mass is 10.1. The van der Waals surface area contributed by atoms with E-state index < -0.39 is 5.82 Å². The molecule has 1 aromatic heterocycles. The van der Waals surface area contributed by atoms with Gasteiger partial charge in [-0.1, -0.05) is 37.6 Å². The largest absolute Gasteiger partial charge is 0.309 e. The number of aromatic nitrogens is 2. The van der Waals surface area contributed by atoms with Crippen LogP contribution in [0.1, 0.15) is 36.8 Å². The van der Waals surface area contributed by atoms with E-state index in [1.807, 2.05) is 36.4 Å². The molecule has 0 aliphatic rings. The Bertz CT molecular complexity index is 700. The van der Waals surface area contributed by atoms with Crippen LogP contribution < -0.4 is 5.56 Å². The van der Waals surface area contributed by atoms with Gasteiger partial charge in [-0.15, -0.1) is 0 Å². The summed E-state index contributed by atoms with van der Waals surface area (Å²) in [5, 5.41) is 0.0689. The lowest BCUT2D eigenvalue weighted by Gasteiger charge is -2.10. The number of hydrogen-bond acceptors (Lipinski definition) is 2. The Balaban J connectivity index is 2.44. The van der Waals surface area contributed by atoms with E-state index in [2.05, 4.69) is 9.97 Å². The van der Waals surface area contributed by atoms with Gasteiger partial charge in [-0.3, -0.25) is 4.79 Å². The van der Waals surface area contributed by atoms with Crippen LogP contribution in [0.15, 0.2) is 23.0 Å². The van der Waals surface area contributed by atoms with Gasteiger partial charge in [0.25, 0.3) is 5.56 Å². The smallest absolute Gasteiger partial charge is 0.264 e. The fraction of sp³-hybridized carbons (Fsp3) is 0.286. The maximum Gasteiger partial charge on any atom is 0.264 e. The van der Waals surface area contributed by atoms with Crippen molar-refractivity contribution in [1.82, 2.24) is 9.97 Å². The summed E-state index contributed by atoms with van der Waals surface area (Å²) in [4.78, 5) is 19.0. The predicted octanol–water partition coefficient (Wildman–Crippen LogP) is 3.88. The molecule has 0 bridgehead atoms. The van der Waals surface area contributed by atoms with Crippen LogP contribution >= 0.6 is 34.2 Å². The van der Waals surface area contributed by atoms with Gasteiger partial charge in [0.1, 0.15) is 11.6 Å². The summed E-state index contributed by atoms with van der Waals surface area (Å²) >= 11 is 7.73. The molecule has 2 rings (SSSR count). The molecular formula is C14H13ClFIN2O. The molecule has 1 aromatic carbocycles. The van der Waals surface area contributed by atoms with E-state index in [4.69, 9.17) is 11.6 Å². The highest BCUT2D eigenvalue weighted by Gasteiger charge is 2.14. The quantitative estimate of drug-likeness (QED) is 0.786. The van der Waals surface area contributed by atoms with Crippen molar-refractivity contribution < 1.29 is 4.39 Å². The summed E-state index contributed by atoms with van der Waals surface area (Å²) in [5.41, 5.74) is 0.949. The van der Waals surface area contributed by atoms with E-state index >= 15 is 0 Å². The van der Waals surface area contributed by atoms with Crippen molar-refractivity contribution in [3.63, 3.8) is 0 Å². The van der Waals surface area contributed by atoms with Crippen molar-refractivity contribution in [2.24, 2.45) is 0 Å². The van der Waals surface area contributed by atoms with Gasteiger partial charge < -0.3 is 4.98 Å². The minimum atomic E-state index is -0.471. The Morgan fingerprint density at radius 2 is 2.15 bits per heavy atom. The van der Waals surface area contributed by atoms with Crippen molar-refractivity contribution in [3.8, 4) is 0 Å². The number of aromatic amines is 1. The van der Waals surface area contributed by atoms with E-state index in [9.17, 15) is 9.18 Å². The summed E-state index contributed by atoms with van der Waals surface area (Å²) in [6.07, 6.45) is 0.207. The zero-order valence-corrected chi connectivity index (χ0v) is 13.9. The Morgan fingerprint density at radius 1 is 1.45 bits per heavy atom. The van der Waals surface area contributed by atoms with Gasteiger partial charge in [0.2, 0.25) is 0 Å². The third kappa shape index (κ3) is 3.20. The fourth-order valence-electron chi connectivity index (χ4n) is 1.86. The molecule has 0 atom stereocenters. The van der Waals surface area contributed by atoms with Crippen LogP contribution in [0, 0.1) is 9.39 Å². The molecule has 20 heavy (non-hydrogen) atoms. The molecule has 1 N–H and O–H groups in total. The summed E-state index contributed by atoms with van der Waals surface area (Å²) in [7, 11) is 0. The van der Waals surface area contributed by atoms with Gasteiger partial charge in [0, 0.05) is 6.42 Å². The van der Waals surface area contributed by atoms with Crippen LogP contribution in [0.3, 0.4) is 0 Å². The highest BCUT2D eigenvalue weighted by atomic mass is 127. The maximum atomic E-state index is 13.9. The van der Waals surface area contributed by atoms with Crippen molar-refractivity contribution >= 4 is 34.2 Å². The molecule has 6 heteroatoms. The number of hydrogen-bond donors (Lipinski definition) is 1. The minimum Gasteiger partial charge on any atom is -0.309 e. The average Bonchev–Trinajstić information content (AvgIpc) is 2.38. The fourth-order valence-corrected chi connectivity index (χ4v) is 2.93. The predicted molar refractivity (Wildman–Crippen MR) is 85.9 cm³/mol. The molecule has 0 saturated heterocycles. The Morgan fingerprint density at radius 3 is 2.80 bits per heavy atom. The second-order valence-corrected chi connectivity index (χ2v) is 6.24. The Hall–Kier alpha value is -0.950. The Labute approximate surface area is 134 Å². The zero-order chi connectivity index (χ0) is 14.9. The third-order valence-electron chi connectivity index (χ3n) is 2.87. The van der Waals surface area contributed by atoms with E-state index in [1.165, 1.54) is 6.07 Å². The first kappa shape index (κ1) is 15.4. The molecule has 106 valence electrons. The van der Waals surface area contributed by atoms with Gasteiger partial charge in [-0.25, -0.2) is 9.37 Å². The first-order valence-corrected chi connectivity index (χ1v) is 7.57. The molecule has 0 saturated carbocycles. The maximum absolute atomic E-state index is 13.9. The van der Waals surface area contributed by atoms with E-state index in [0.29, 0.717) is 15.0 Å². The lowest BCUT2D eigenvalue weighted by Crippen LogP contribution is -2.19. The van der Waals surface area contributed by atoms with Crippen LogP contribution in [0.2, 0.25) is 5.02 Å². The van der Waals surface area contributed by atoms with Crippen LogP contribution in [0.25, 0.3) is 0 Å². The summed E-state index contributed by atoms with van der Waals surface area (Å²) in [5.74, 6) is 0.105. The number of halogens is 3. The van der Waals surface area contributed by atoms with Gasteiger partial charge in [0.15, 0.2) is 0 Å². The molecule has 0 fully saturated rings. The molecular weight excluding hydrogens is 394 g/mol. The summed E-state index contributed by atoms with van der Waals surface area (Å²) < 4.78 is 14.4. The van der Waals surface area contributed by atoms with Crippen LogP contribution in [0.4, 0.5) is 4.39 Å². The lowest BCUT2D eigenvalue weighted by molar-refractivity contribution is 0.611. The van der Waals surface area contributed by atoms with Gasteiger partial charge in [0.05, 0.1) is 14.3 Å². The molecule has 0 aliphatic heterocycles. The van der Waals surface area contributed by atoms with Crippen LogP contribution in [-0.4, -0.2) is 9.97 Å². The monoisotopic (exact) mass is 406 g/mol. The molecule has 0 unspecified atom stereocenters. The third-order valence-corrected chi connectivity index (χ3v) is 4.21. The first-order chi connectivity index (χ1) is 9.40. The zero-order valence-electron chi connectivity index (χ0n) is 11.0. The summed E-state index contributed by atoms with van der Waals surface area (Å²) in [6.45, 7) is 3.93. The van der Waals surface area contributed by atoms with Crippen LogP contribution in [-0.2, 0) is 6.42 Å². The van der Waals surface area contributed by atoms with Crippen molar-refractivity contribution in [2.45, 2.75) is 26.2 Å². The molecule has 0 aliphatic carbocycles. The second-order valence-electron chi connectivity index (χ2n) is 4.76. The van der Waals surface area contributed by atoms with E-state index in [0.717, 1.165) is 5.69 Å². The SMILES string of the molecule is CC(C)c1nc(Cc2cccc(Cl)c2F)[nH]c(=O)c1I. The van der Waals surface area contributed by atoms with E-state index in [-0.39, 0.29) is 22.9 Å². The number of rotatable bonds is 3. The molecule has 1 heterocycles. The minimum absolute atomic E-state index is 0.0689. The highest BCUT2D eigenvalue weighted by molar-refractivity contribution is 14.1. The first-order valence-electron chi connectivity index (χ1n) is 6.11. The van der Waals surface area contributed by atoms with Crippen molar-refractivity contribution in [3.05, 3.63) is 60.0 Å². The molecule has 2 aromatic rings. The topological polar surface area (TPSA) is 45.8 Å². The van der Waals surface area contributed by atoms with Crippen molar-refractivity contribution in [1.29, 1.82) is 0 Å². The standard InChI is InChI=1S/C14H13ClFIN2O/c1-7(2)13-12(17)14(20)19-10(18-13)6-8-4-3-5-9(15)11(8)16/h3-5,7H,6H2,1-2H3,(H,18,19,20). The van der Waals surface area contributed by atoms with Gasteiger partial charge in [-0.2, -0.15) is 0 Å². The molecule has 0 spiro atoms. The average molecular weight is 407 g/mol. The Kier molecular flexibility index (Phi) is 4.80. The number of H-pyrrole nitrogens is 1. The van der Waals surface area contributed by atoms with E-state index in [1.54, 1.807) is 12.1 Å². The van der Waals surface area contributed by atoms with Crippen molar-refractivity contribution in [2.75, 3.05) is 0 Å². The number of nitrogens with zero attached hydrogens (tertiary/aromatic N) is 1. The normalized spacial score (nSPS) is 11.1. The second kappa shape index (κ2) is 6.22. The number of benzene rings is 1. The molecule has 0 radical (unpaired) electrons.